The predicted molar refractivity (Wildman–Crippen MR) is 66.5 cm³/mol. The number of aryl methyl sites for hydroxylation is 1. The van der Waals surface area contributed by atoms with Gasteiger partial charge < -0.3 is 4.74 Å². The molecule has 1 aliphatic heterocycles. The van der Waals surface area contributed by atoms with Crippen molar-refractivity contribution in [3.63, 3.8) is 0 Å². The number of rotatable bonds is 2. The van der Waals surface area contributed by atoms with Gasteiger partial charge in [0.1, 0.15) is 5.82 Å². The molecule has 1 nitrogen and oxygen atoms in total. The molecule has 0 N–H and O–H groups in total. The maximum absolute atomic E-state index is 13.2. The molecule has 2 rings (SSSR count). The lowest BCUT2D eigenvalue weighted by Crippen LogP contribution is -2.29. The zero-order valence-corrected chi connectivity index (χ0v) is 11.0. The van der Waals surface area contributed by atoms with Crippen LogP contribution >= 0.6 is 15.9 Å². The second kappa shape index (κ2) is 5.28. The molecule has 1 saturated heterocycles. The molecule has 2 unspecified atom stereocenters. The molecule has 0 aliphatic carbocycles. The highest BCUT2D eigenvalue weighted by molar-refractivity contribution is 9.09. The van der Waals surface area contributed by atoms with E-state index in [9.17, 15) is 4.39 Å². The van der Waals surface area contributed by atoms with E-state index < -0.39 is 0 Å². The van der Waals surface area contributed by atoms with Crippen LogP contribution < -0.4 is 0 Å². The smallest absolute Gasteiger partial charge is 0.123 e. The second-order valence-corrected chi connectivity index (χ2v) is 5.59. The molecule has 0 spiro atoms. The van der Waals surface area contributed by atoms with Gasteiger partial charge in [0.2, 0.25) is 0 Å². The number of hydrogen-bond acceptors (Lipinski definition) is 1. The molecule has 3 heteroatoms. The third-order valence-electron chi connectivity index (χ3n) is 3.17. The number of ether oxygens (including phenoxy) is 1. The molecule has 0 aromatic heterocycles. The monoisotopic (exact) mass is 286 g/mol. The molecule has 1 fully saturated rings. The van der Waals surface area contributed by atoms with Gasteiger partial charge in [0.25, 0.3) is 0 Å². The van der Waals surface area contributed by atoms with E-state index in [2.05, 4.69) is 15.9 Å². The highest BCUT2D eigenvalue weighted by atomic mass is 79.9. The van der Waals surface area contributed by atoms with E-state index >= 15 is 0 Å². The second-order valence-electron chi connectivity index (χ2n) is 4.41. The summed E-state index contributed by atoms with van der Waals surface area (Å²) in [6, 6.07) is 5.00. The Morgan fingerprint density at radius 1 is 1.50 bits per heavy atom. The van der Waals surface area contributed by atoms with Crippen molar-refractivity contribution in [2.75, 3.05) is 13.2 Å². The van der Waals surface area contributed by atoms with E-state index in [0.29, 0.717) is 10.7 Å². The summed E-state index contributed by atoms with van der Waals surface area (Å²) in [5.74, 6) is 0.303. The fourth-order valence-electron chi connectivity index (χ4n) is 2.10. The van der Waals surface area contributed by atoms with Crippen LogP contribution in [0, 0.1) is 18.7 Å². The van der Waals surface area contributed by atoms with Crippen LogP contribution in [-0.4, -0.2) is 18.0 Å². The fraction of sp³-hybridized carbons (Fsp3) is 0.538. The largest absolute Gasteiger partial charge is 0.381 e. The molecule has 1 aliphatic rings. The lowest BCUT2D eigenvalue weighted by atomic mass is 9.92. The fourth-order valence-corrected chi connectivity index (χ4v) is 2.63. The summed E-state index contributed by atoms with van der Waals surface area (Å²) in [4.78, 5) is 0.490. The minimum atomic E-state index is -0.150. The van der Waals surface area contributed by atoms with Crippen molar-refractivity contribution in [3.8, 4) is 0 Å². The third-order valence-corrected chi connectivity index (χ3v) is 4.38. The Kier molecular flexibility index (Phi) is 3.98. The summed E-state index contributed by atoms with van der Waals surface area (Å²) in [6.45, 7) is 3.63. The zero-order chi connectivity index (χ0) is 11.5. The number of halogens is 2. The van der Waals surface area contributed by atoms with Gasteiger partial charge in [-0.3, -0.25) is 0 Å². The first-order valence-corrected chi connectivity index (χ1v) is 6.55. The molecule has 0 bridgehead atoms. The summed E-state index contributed by atoms with van der Waals surface area (Å²) in [5.41, 5.74) is 2.26. The Morgan fingerprint density at radius 2 is 2.31 bits per heavy atom. The molecule has 1 aromatic carbocycles. The van der Waals surface area contributed by atoms with Gasteiger partial charge in [-0.1, -0.05) is 22.0 Å². The Hall–Kier alpha value is -0.410. The van der Waals surface area contributed by atoms with E-state index in [1.165, 1.54) is 6.07 Å². The first kappa shape index (κ1) is 12.1. The Labute approximate surface area is 104 Å². The molecule has 88 valence electrons. The number of benzene rings is 1. The molecule has 16 heavy (non-hydrogen) atoms. The van der Waals surface area contributed by atoms with Gasteiger partial charge in [0.15, 0.2) is 0 Å². The van der Waals surface area contributed by atoms with Crippen molar-refractivity contribution in [3.05, 3.63) is 35.1 Å². The molecule has 1 aromatic rings. The predicted octanol–water partition coefficient (Wildman–Crippen LogP) is 3.48. The number of alkyl halides is 1. The molecular formula is C13H16BrFO. The average Bonchev–Trinajstić information content (AvgIpc) is 2.27. The van der Waals surface area contributed by atoms with Gasteiger partial charge in [-0.25, -0.2) is 4.39 Å². The molecule has 1 heterocycles. The van der Waals surface area contributed by atoms with Crippen LogP contribution in [-0.2, 0) is 11.2 Å². The Bertz CT molecular complexity index is 367. The van der Waals surface area contributed by atoms with Crippen molar-refractivity contribution in [2.45, 2.75) is 24.6 Å². The first-order valence-electron chi connectivity index (χ1n) is 5.63. The van der Waals surface area contributed by atoms with Crippen LogP contribution in [0.15, 0.2) is 18.2 Å². The highest BCUT2D eigenvalue weighted by Crippen LogP contribution is 2.26. The summed E-state index contributed by atoms with van der Waals surface area (Å²) >= 11 is 3.68. The van der Waals surface area contributed by atoms with E-state index in [4.69, 9.17) is 4.74 Å². The summed E-state index contributed by atoms with van der Waals surface area (Å²) in [5, 5.41) is 0. The van der Waals surface area contributed by atoms with Crippen molar-refractivity contribution in [1.29, 1.82) is 0 Å². The summed E-state index contributed by atoms with van der Waals surface area (Å²) in [6.07, 6.45) is 1.93. The molecule has 0 radical (unpaired) electrons. The van der Waals surface area contributed by atoms with Crippen LogP contribution in [0.2, 0.25) is 0 Å². The third kappa shape index (κ3) is 2.83. The van der Waals surface area contributed by atoms with Crippen LogP contribution in [0.3, 0.4) is 0 Å². The lowest BCUT2D eigenvalue weighted by Gasteiger charge is -2.28. The normalized spacial score (nSPS) is 25.7. The van der Waals surface area contributed by atoms with E-state index in [0.717, 1.165) is 37.2 Å². The standard InChI is InChI=1S/C13H16BrFO/c1-9-2-3-12(15)7-10(9)6-11-8-16-5-4-13(11)14/h2-3,7,11,13H,4-6,8H2,1H3. The quantitative estimate of drug-likeness (QED) is 0.757. The van der Waals surface area contributed by atoms with Crippen molar-refractivity contribution in [1.82, 2.24) is 0 Å². The number of hydrogen-bond donors (Lipinski definition) is 0. The Morgan fingerprint density at radius 3 is 3.06 bits per heavy atom. The van der Waals surface area contributed by atoms with Gasteiger partial charge in [-0.2, -0.15) is 0 Å². The van der Waals surface area contributed by atoms with E-state index in [1.54, 1.807) is 6.07 Å². The summed E-state index contributed by atoms with van der Waals surface area (Å²) in [7, 11) is 0. The molecular weight excluding hydrogens is 271 g/mol. The molecule has 0 saturated carbocycles. The van der Waals surface area contributed by atoms with E-state index in [1.807, 2.05) is 13.0 Å². The first-order chi connectivity index (χ1) is 7.66. The topological polar surface area (TPSA) is 9.23 Å². The highest BCUT2D eigenvalue weighted by Gasteiger charge is 2.24. The van der Waals surface area contributed by atoms with Crippen molar-refractivity contribution in [2.24, 2.45) is 5.92 Å². The van der Waals surface area contributed by atoms with Crippen LogP contribution in [0.1, 0.15) is 17.5 Å². The minimum absolute atomic E-state index is 0.150. The maximum Gasteiger partial charge on any atom is 0.123 e. The van der Waals surface area contributed by atoms with Crippen LogP contribution in [0.5, 0.6) is 0 Å². The van der Waals surface area contributed by atoms with Gasteiger partial charge >= 0.3 is 0 Å². The SMILES string of the molecule is Cc1ccc(F)cc1CC1COCCC1Br. The zero-order valence-electron chi connectivity index (χ0n) is 9.38. The Balaban J connectivity index is 2.10. The average molecular weight is 287 g/mol. The van der Waals surface area contributed by atoms with Crippen molar-refractivity contribution < 1.29 is 9.13 Å². The molecule has 2 atom stereocenters. The summed E-state index contributed by atoms with van der Waals surface area (Å²) < 4.78 is 18.6. The minimum Gasteiger partial charge on any atom is -0.381 e. The van der Waals surface area contributed by atoms with Gasteiger partial charge in [0.05, 0.1) is 6.61 Å². The van der Waals surface area contributed by atoms with Crippen molar-refractivity contribution >= 4 is 15.9 Å². The van der Waals surface area contributed by atoms with E-state index in [-0.39, 0.29) is 5.82 Å². The van der Waals surface area contributed by atoms with Gasteiger partial charge in [-0.15, -0.1) is 0 Å². The van der Waals surface area contributed by atoms with Gasteiger partial charge in [-0.05, 0) is 48.9 Å². The molecule has 0 amide bonds. The van der Waals surface area contributed by atoms with Gasteiger partial charge in [0, 0.05) is 11.4 Å². The van der Waals surface area contributed by atoms with Crippen LogP contribution in [0.4, 0.5) is 4.39 Å². The lowest BCUT2D eigenvalue weighted by molar-refractivity contribution is 0.0605. The maximum atomic E-state index is 13.2. The van der Waals surface area contributed by atoms with Crippen LogP contribution in [0.25, 0.3) is 0 Å².